The number of hydrogen-bond acceptors (Lipinski definition) is 5. The van der Waals surface area contributed by atoms with Gasteiger partial charge < -0.3 is 19.6 Å². The van der Waals surface area contributed by atoms with Gasteiger partial charge in [0, 0.05) is 29.2 Å². The second kappa shape index (κ2) is 9.02. The van der Waals surface area contributed by atoms with Crippen molar-refractivity contribution in [2.24, 2.45) is 5.92 Å². The minimum atomic E-state index is -2.05. The first-order valence-electron chi connectivity index (χ1n) is 10.7. The van der Waals surface area contributed by atoms with Crippen LogP contribution in [0.2, 0.25) is 10.0 Å². The second-order valence-electron chi connectivity index (χ2n) is 8.51. The van der Waals surface area contributed by atoms with Gasteiger partial charge in [0.25, 0.3) is 5.91 Å². The summed E-state index contributed by atoms with van der Waals surface area (Å²) in [6.45, 7) is 5.18. The summed E-state index contributed by atoms with van der Waals surface area (Å²) in [4.78, 5) is 29.7. The zero-order chi connectivity index (χ0) is 23.0. The van der Waals surface area contributed by atoms with Crippen LogP contribution in [0.5, 0.6) is 0 Å². The molecule has 1 saturated heterocycles. The first-order chi connectivity index (χ1) is 15.3. The van der Waals surface area contributed by atoms with Gasteiger partial charge in [-0.05, 0) is 50.0 Å². The number of ether oxygens (including phenoxy) is 1. The normalized spacial score (nSPS) is 21.7. The standard InChI is InChI=1S/C24H26Cl2N2O4/c1-15-7-9-27(10-8-15)11-12-28-20-14-16(22(29)32-2)13-19(26)21(20)24(31,23(28)30)17-5-3-4-6-18(17)25/h3-6,13-15,31H,7-12H2,1-2H3. The number of fused-ring (bicyclic) bond motifs is 1. The molecular formula is C24H26Cl2N2O4. The Hall–Kier alpha value is -2.12. The lowest BCUT2D eigenvalue weighted by Gasteiger charge is -2.32. The fourth-order valence-corrected chi connectivity index (χ4v) is 5.19. The van der Waals surface area contributed by atoms with E-state index >= 15 is 0 Å². The first kappa shape index (κ1) is 23.1. The Balaban J connectivity index is 1.77. The van der Waals surface area contributed by atoms with Crippen LogP contribution in [0, 0.1) is 5.92 Å². The molecule has 1 amide bonds. The van der Waals surface area contributed by atoms with Crippen LogP contribution in [0.4, 0.5) is 5.69 Å². The van der Waals surface area contributed by atoms with E-state index < -0.39 is 17.5 Å². The number of likely N-dealkylation sites (tertiary alicyclic amines) is 1. The largest absolute Gasteiger partial charge is 0.465 e. The third-order valence-corrected chi connectivity index (χ3v) is 7.11. The molecule has 1 unspecified atom stereocenters. The van der Waals surface area contributed by atoms with Crippen LogP contribution in [0.1, 0.15) is 41.3 Å². The van der Waals surface area contributed by atoms with Gasteiger partial charge in [-0.3, -0.25) is 4.79 Å². The van der Waals surface area contributed by atoms with Crippen molar-refractivity contribution in [3.63, 3.8) is 0 Å². The number of rotatable bonds is 5. The molecule has 1 atom stereocenters. The van der Waals surface area contributed by atoms with Crippen molar-refractivity contribution in [2.45, 2.75) is 25.4 Å². The molecule has 4 rings (SSSR count). The molecule has 0 aromatic heterocycles. The predicted molar refractivity (Wildman–Crippen MR) is 124 cm³/mol. The monoisotopic (exact) mass is 476 g/mol. The van der Waals surface area contributed by atoms with E-state index in [0.717, 1.165) is 25.9 Å². The minimum Gasteiger partial charge on any atom is -0.465 e. The third kappa shape index (κ3) is 3.90. The zero-order valence-corrected chi connectivity index (χ0v) is 19.6. The number of carbonyl (C=O) groups is 2. The molecule has 2 heterocycles. The van der Waals surface area contributed by atoms with Crippen molar-refractivity contribution in [2.75, 3.05) is 38.2 Å². The van der Waals surface area contributed by atoms with Crippen molar-refractivity contribution in [3.8, 4) is 0 Å². The number of benzene rings is 2. The van der Waals surface area contributed by atoms with Gasteiger partial charge in [-0.15, -0.1) is 0 Å². The molecule has 2 aliphatic heterocycles. The molecule has 2 aromatic rings. The number of esters is 1. The molecule has 1 N–H and O–H groups in total. The average molecular weight is 477 g/mol. The molecule has 0 bridgehead atoms. The maximum absolute atomic E-state index is 13.7. The number of hydrogen-bond donors (Lipinski definition) is 1. The molecule has 2 aliphatic rings. The molecule has 6 nitrogen and oxygen atoms in total. The van der Waals surface area contributed by atoms with E-state index in [0.29, 0.717) is 24.7 Å². The van der Waals surface area contributed by atoms with Crippen molar-refractivity contribution in [1.29, 1.82) is 0 Å². The van der Waals surface area contributed by atoms with Gasteiger partial charge >= 0.3 is 5.97 Å². The fraction of sp³-hybridized carbons (Fsp3) is 0.417. The minimum absolute atomic E-state index is 0.105. The van der Waals surface area contributed by atoms with E-state index in [4.69, 9.17) is 27.9 Å². The maximum atomic E-state index is 13.7. The number of aliphatic hydroxyl groups is 1. The summed E-state index contributed by atoms with van der Waals surface area (Å²) in [7, 11) is 1.28. The van der Waals surface area contributed by atoms with Crippen LogP contribution in [0.25, 0.3) is 0 Å². The van der Waals surface area contributed by atoms with E-state index in [1.165, 1.54) is 18.1 Å². The summed E-state index contributed by atoms with van der Waals surface area (Å²) < 4.78 is 4.84. The second-order valence-corrected chi connectivity index (χ2v) is 9.33. The lowest BCUT2D eigenvalue weighted by molar-refractivity contribution is -0.132. The van der Waals surface area contributed by atoms with E-state index in [1.807, 2.05) is 0 Å². The number of carbonyl (C=O) groups excluding carboxylic acids is 2. The highest BCUT2D eigenvalue weighted by molar-refractivity contribution is 6.35. The van der Waals surface area contributed by atoms with Gasteiger partial charge in [0.1, 0.15) is 0 Å². The van der Waals surface area contributed by atoms with Crippen LogP contribution in [0.15, 0.2) is 36.4 Å². The van der Waals surface area contributed by atoms with Gasteiger partial charge in [-0.1, -0.05) is 48.3 Å². The van der Waals surface area contributed by atoms with E-state index in [9.17, 15) is 14.7 Å². The number of methoxy groups -OCH3 is 1. The summed E-state index contributed by atoms with van der Waals surface area (Å²) in [6.07, 6.45) is 2.23. The number of amides is 1. The Morgan fingerprint density at radius 2 is 1.84 bits per heavy atom. The molecule has 0 radical (unpaired) electrons. The molecule has 0 aliphatic carbocycles. The van der Waals surface area contributed by atoms with Crippen molar-refractivity contribution < 1.29 is 19.4 Å². The molecular weight excluding hydrogens is 451 g/mol. The molecule has 0 spiro atoms. The van der Waals surface area contributed by atoms with Gasteiger partial charge in [-0.2, -0.15) is 0 Å². The van der Waals surface area contributed by atoms with Crippen LogP contribution >= 0.6 is 23.2 Å². The molecule has 2 aromatic carbocycles. The summed E-state index contributed by atoms with van der Waals surface area (Å²) in [5.74, 6) is -0.401. The van der Waals surface area contributed by atoms with Crippen LogP contribution < -0.4 is 4.90 Å². The van der Waals surface area contributed by atoms with Gasteiger partial charge in [0.15, 0.2) is 5.60 Å². The highest BCUT2D eigenvalue weighted by Crippen LogP contribution is 2.49. The quantitative estimate of drug-likeness (QED) is 0.657. The summed E-state index contributed by atoms with van der Waals surface area (Å²) in [6, 6.07) is 9.64. The van der Waals surface area contributed by atoms with Crippen molar-refractivity contribution in [3.05, 3.63) is 63.1 Å². The van der Waals surface area contributed by atoms with Crippen LogP contribution in [-0.2, 0) is 15.1 Å². The number of anilines is 1. The number of halogens is 2. The summed E-state index contributed by atoms with van der Waals surface area (Å²) >= 11 is 12.9. The van der Waals surface area contributed by atoms with Gasteiger partial charge in [-0.25, -0.2) is 4.79 Å². The highest BCUT2D eigenvalue weighted by atomic mass is 35.5. The Morgan fingerprint density at radius 3 is 2.50 bits per heavy atom. The molecule has 0 saturated carbocycles. The Bertz CT molecular complexity index is 1050. The smallest absolute Gasteiger partial charge is 0.337 e. The molecule has 170 valence electrons. The number of piperidine rings is 1. The van der Waals surface area contributed by atoms with Gasteiger partial charge in [0.2, 0.25) is 0 Å². The van der Waals surface area contributed by atoms with Crippen molar-refractivity contribution in [1.82, 2.24) is 4.90 Å². The number of nitrogens with zero attached hydrogens (tertiary/aromatic N) is 2. The third-order valence-electron chi connectivity index (χ3n) is 6.48. The summed E-state index contributed by atoms with van der Waals surface area (Å²) in [5, 5.41) is 12.1. The van der Waals surface area contributed by atoms with E-state index in [1.54, 1.807) is 30.3 Å². The maximum Gasteiger partial charge on any atom is 0.337 e. The van der Waals surface area contributed by atoms with E-state index in [2.05, 4.69) is 11.8 Å². The summed E-state index contributed by atoms with van der Waals surface area (Å²) in [5.41, 5.74) is -0.942. The SMILES string of the molecule is COC(=O)c1cc(Cl)c2c(c1)N(CCN1CCC(C)CC1)C(=O)C2(O)c1ccccc1Cl. The first-order valence-corrected chi connectivity index (χ1v) is 11.5. The molecule has 1 fully saturated rings. The van der Waals surface area contributed by atoms with Crippen LogP contribution in [0.3, 0.4) is 0 Å². The Labute approximate surface area is 197 Å². The van der Waals surface area contributed by atoms with Crippen LogP contribution in [-0.4, -0.2) is 55.2 Å². The van der Waals surface area contributed by atoms with E-state index in [-0.39, 0.29) is 26.7 Å². The predicted octanol–water partition coefficient (Wildman–Crippen LogP) is 4.09. The Kier molecular flexibility index (Phi) is 6.50. The average Bonchev–Trinajstić information content (AvgIpc) is 3.00. The topological polar surface area (TPSA) is 70.1 Å². The lowest BCUT2D eigenvalue weighted by atomic mass is 9.87. The van der Waals surface area contributed by atoms with Crippen molar-refractivity contribution >= 4 is 40.8 Å². The van der Waals surface area contributed by atoms with Gasteiger partial charge in [0.05, 0.1) is 23.4 Å². The molecule has 8 heteroatoms. The molecule has 32 heavy (non-hydrogen) atoms. The fourth-order valence-electron chi connectivity index (χ4n) is 4.56. The lowest BCUT2D eigenvalue weighted by Crippen LogP contribution is -2.45. The Morgan fingerprint density at radius 1 is 1.16 bits per heavy atom. The highest BCUT2D eigenvalue weighted by Gasteiger charge is 2.53. The zero-order valence-electron chi connectivity index (χ0n) is 18.1.